The smallest absolute Gasteiger partial charge is 0.333 e. The number of halogens is 2. The number of ether oxygens (including phenoxy) is 1. The Balaban J connectivity index is 2.04. The van der Waals surface area contributed by atoms with E-state index in [1.165, 1.54) is 0 Å². The van der Waals surface area contributed by atoms with E-state index in [9.17, 15) is 9.90 Å². The predicted molar refractivity (Wildman–Crippen MR) is 107 cm³/mol. The Morgan fingerprint density at radius 3 is 2.67 bits per heavy atom. The number of aliphatic carboxylic acids is 1. The molecule has 0 radical (unpaired) electrons. The highest BCUT2D eigenvalue weighted by Gasteiger charge is 2.18. The van der Waals surface area contributed by atoms with Gasteiger partial charge in [-0.1, -0.05) is 52.6 Å². The van der Waals surface area contributed by atoms with E-state index in [4.69, 9.17) is 32.8 Å². The quantitative estimate of drug-likeness (QED) is 0.468. The summed E-state index contributed by atoms with van der Waals surface area (Å²) in [4.78, 5) is 16.6. The average Bonchev–Trinajstić information content (AvgIpc) is 2.63. The summed E-state index contributed by atoms with van der Waals surface area (Å²) in [5.74, 6) is -0.976. The van der Waals surface area contributed by atoms with Gasteiger partial charge in [0.25, 0.3) is 0 Å². The van der Waals surface area contributed by atoms with Crippen LogP contribution in [0.1, 0.15) is 30.5 Å². The van der Waals surface area contributed by atoms with Crippen LogP contribution in [0.15, 0.2) is 47.6 Å². The maximum atomic E-state index is 11.2. The molecule has 144 valence electrons. The standard InChI is InChI=1S/C20H21Cl2NO4/c1-3-26-19(20(24)25)10-14-5-4-6-15(9-14)13(2)23-27-12-16-7-8-17(21)11-18(16)22/h4-9,11,19H,3,10,12H2,1-2H3,(H,24,25)/b23-13+/t19-/m0/s1. The van der Waals surface area contributed by atoms with E-state index < -0.39 is 12.1 Å². The number of benzene rings is 2. The lowest BCUT2D eigenvalue weighted by Crippen LogP contribution is -2.26. The van der Waals surface area contributed by atoms with Crippen molar-refractivity contribution in [3.8, 4) is 0 Å². The molecule has 0 bridgehead atoms. The van der Waals surface area contributed by atoms with Gasteiger partial charge in [-0.25, -0.2) is 4.79 Å². The van der Waals surface area contributed by atoms with Gasteiger partial charge in [0.1, 0.15) is 6.61 Å². The summed E-state index contributed by atoms with van der Waals surface area (Å²) >= 11 is 12.0. The molecule has 2 rings (SSSR count). The zero-order valence-electron chi connectivity index (χ0n) is 15.1. The van der Waals surface area contributed by atoms with Crippen LogP contribution in [-0.4, -0.2) is 29.5 Å². The Bertz CT molecular complexity index is 823. The van der Waals surface area contributed by atoms with Gasteiger partial charge in [0, 0.05) is 28.6 Å². The minimum Gasteiger partial charge on any atom is -0.479 e. The van der Waals surface area contributed by atoms with Gasteiger partial charge in [-0.2, -0.15) is 0 Å². The van der Waals surface area contributed by atoms with Crippen LogP contribution in [0.5, 0.6) is 0 Å². The molecule has 2 aromatic carbocycles. The van der Waals surface area contributed by atoms with E-state index in [1.807, 2.05) is 31.2 Å². The molecule has 1 atom stereocenters. The fourth-order valence-corrected chi connectivity index (χ4v) is 2.91. The largest absolute Gasteiger partial charge is 0.479 e. The summed E-state index contributed by atoms with van der Waals surface area (Å²) in [7, 11) is 0. The fraction of sp³-hybridized carbons (Fsp3) is 0.300. The number of carbonyl (C=O) groups is 1. The van der Waals surface area contributed by atoms with Gasteiger partial charge in [0.2, 0.25) is 0 Å². The summed E-state index contributed by atoms with van der Waals surface area (Å²) < 4.78 is 5.26. The van der Waals surface area contributed by atoms with E-state index in [0.29, 0.717) is 22.4 Å². The third-order valence-electron chi connectivity index (χ3n) is 3.85. The normalized spacial score (nSPS) is 12.7. The summed E-state index contributed by atoms with van der Waals surface area (Å²) in [5, 5.41) is 14.4. The van der Waals surface area contributed by atoms with Gasteiger partial charge in [0.05, 0.1) is 5.71 Å². The molecule has 0 spiro atoms. The number of hydrogen-bond donors (Lipinski definition) is 1. The third kappa shape index (κ3) is 6.54. The topological polar surface area (TPSA) is 68.1 Å². The second-order valence-corrected chi connectivity index (χ2v) is 6.72. The number of carboxylic acids is 1. The van der Waals surface area contributed by atoms with E-state index >= 15 is 0 Å². The van der Waals surface area contributed by atoms with Crippen LogP contribution in [0, 0.1) is 0 Å². The Kier molecular flexibility index (Phi) is 8.10. The van der Waals surface area contributed by atoms with Gasteiger partial charge in [0.15, 0.2) is 6.10 Å². The number of carboxylic acid groups (broad SMARTS) is 1. The highest BCUT2D eigenvalue weighted by molar-refractivity contribution is 6.35. The van der Waals surface area contributed by atoms with Crippen LogP contribution in [0.25, 0.3) is 0 Å². The second kappa shape index (κ2) is 10.3. The predicted octanol–water partition coefficient (Wildman–Crippen LogP) is 4.97. The van der Waals surface area contributed by atoms with Crippen molar-refractivity contribution in [1.82, 2.24) is 0 Å². The van der Waals surface area contributed by atoms with Crippen molar-refractivity contribution in [2.75, 3.05) is 6.61 Å². The van der Waals surface area contributed by atoms with Crippen LogP contribution < -0.4 is 0 Å². The van der Waals surface area contributed by atoms with Gasteiger partial charge in [-0.05, 0) is 43.2 Å². The summed E-state index contributed by atoms with van der Waals surface area (Å²) in [5.41, 5.74) is 3.15. The fourth-order valence-electron chi connectivity index (χ4n) is 2.45. The molecule has 2 aromatic rings. The van der Waals surface area contributed by atoms with E-state index in [-0.39, 0.29) is 13.0 Å². The van der Waals surface area contributed by atoms with Crippen molar-refractivity contribution in [3.63, 3.8) is 0 Å². The number of hydrogen-bond acceptors (Lipinski definition) is 4. The molecular weight excluding hydrogens is 389 g/mol. The molecule has 7 heteroatoms. The summed E-state index contributed by atoms with van der Waals surface area (Å²) in [6, 6.07) is 12.7. The van der Waals surface area contributed by atoms with Crippen LogP contribution in [-0.2, 0) is 27.4 Å². The molecule has 1 N–H and O–H groups in total. The Hall–Kier alpha value is -2.08. The van der Waals surface area contributed by atoms with Gasteiger partial charge in [-0.3, -0.25) is 0 Å². The average molecular weight is 410 g/mol. The Morgan fingerprint density at radius 1 is 1.22 bits per heavy atom. The first kappa shape index (κ1) is 21.2. The lowest BCUT2D eigenvalue weighted by molar-refractivity contribution is -0.149. The second-order valence-electron chi connectivity index (χ2n) is 5.87. The first-order valence-electron chi connectivity index (χ1n) is 8.45. The number of oxime groups is 1. The molecule has 0 aliphatic heterocycles. The van der Waals surface area contributed by atoms with Crippen molar-refractivity contribution in [2.45, 2.75) is 33.0 Å². The Morgan fingerprint density at radius 2 is 2.00 bits per heavy atom. The van der Waals surface area contributed by atoms with E-state index in [2.05, 4.69) is 5.16 Å². The molecule has 0 amide bonds. The maximum absolute atomic E-state index is 11.2. The van der Waals surface area contributed by atoms with Crippen molar-refractivity contribution >= 4 is 34.9 Å². The minimum absolute atomic E-state index is 0.221. The van der Waals surface area contributed by atoms with Gasteiger partial charge < -0.3 is 14.7 Å². The molecule has 5 nitrogen and oxygen atoms in total. The molecule has 0 unspecified atom stereocenters. The van der Waals surface area contributed by atoms with Crippen LogP contribution in [0.2, 0.25) is 10.0 Å². The summed E-state index contributed by atoms with van der Waals surface area (Å²) in [6.07, 6.45) is -0.586. The molecule has 0 fully saturated rings. The van der Waals surface area contributed by atoms with Gasteiger partial charge in [-0.15, -0.1) is 0 Å². The lowest BCUT2D eigenvalue weighted by atomic mass is 10.0. The van der Waals surface area contributed by atoms with Crippen molar-refractivity contribution in [3.05, 3.63) is 69.2 Å². The maximum Gasteiger partial charge on any atom is 0.333 e. The first-order valence-corrected chi connectivity index (χ1v) is 9.20. The van der Waals surface area contributed by atoms with Crippen molar-refractivity contribution < 1.29 is 19.5 Å². The van der Waals surface area contributed by atoms with Crippen LogP contribution in [0.4, 0.5) is 0 Å². The highest BCUT2D eigenvalue weighted by Crippen LogP contribution is 2.21. The van der Waals surface area contributed by atoms with Crippen molar-refractivity contribution in [2.24, 2.45) is 5.16 Å². The highest BCUT2D eigenvalue weighted by atomic mass is 35.5. The Labute approximate surface area is 168 Å². The molecule has 0 aromatic heterocycles. The number of nitrogens with zero attached hydrogens (tertiary/aromatic N) is 1. The van der Waals surface area contributed by atoms with Crippen LogP contribution >= 0.6 is 23.2 Å². The first-order chi connectivity index (χ1) is 12.9. The van der Waals surface area contributed by atoms with Crippen molar-refractivity contribution in [1.29, 1.82) is 0 Å². The SMILES string of the molecule is CCO[C@@H](Cc1cccc(/C(C)=N/OCc2ccc(Cl)cc2Cl)c1)C(=O)O. The molecule has 27 heavy (non-hydrogen) atoms. The zero-order valence-corrected chi connectivity index (χ0v) is 16.6. The molecule has 0 aliphatic rings. The lowest BCUT2D eigenvalue weighted by Gasteiger charge is -2.13. The molecule has 0 saturated carbocycles. The van der Waals surface area contributed by atoms with E-state index in [1.54, 1.807) is 25.1 Å². The molecule has 0 aliphatic carbocycles. The zero-order chi connectivity index (χ0) is 19.8. The molecule has 0 heterocycles. The molecular formula is C20H21Cl2NO4. The van der Waals surface area contributed by atoms with Gasteiger partial charge >= 0.3 is 5.97 Å². The third-order valence-corrected chi connectivity index (χ3v) is 4.43. The van der Waals surface area contributed by atoms with Crippen LogP contribution in [0.3, 0.4) is 0 Å². The molecule has 0 saturated heterocycles. The number of rotatable bonds is 9. The monoisotopic (exact) mass is 409 g/mol. The van der Waals surface area contributed by atoms with E-state index in [0.717, 1.165) is 16.7 Å². The minimum atomic E-state index is -0.976. The summed E-state index contributed by atoms with van der Waals surface area (Å²) in [6.45, 7) is 4.16.